The number of alkyl halides is 3. The van der Waals surface area contributed by atoms with Gasteiger partial charge in [0, 0.05) is 29.2 Å². The topological polar surface area (TPSA) is 50.1 Å². The van der Waals surface area contributed by atoms with Gasteiger partial charge in [-0.2, -0.15) is 18.3 Å². The van der Waals surface area contributed by atoms with Crippen LogP contribution in [0, 0.1) is 5.82 Å². The van der Waals surface area contributed by atoms with Crippen LogP contribution in [0.4, 0.5) is 23.2 Å². The number of nitrogens with zero attached hydrogens (tertiary/aromatic N) is 2. The van der Waals surface area contributed by atoms with Crippen LogP contribution in [-0.2, 0) is 12.0 Å². The second-order valence-corrected chi connectivity index (χ2v) is 8.27. The highest BCUT2D eigenvalue weighted by Crippen LogP contribution is 2.50. The molecule has 0 bridgehead atoms. The lowest BCUT2D eigenvalue weighted by Crippen LogP contribution is -2.44. The van der Waals surface area contributed by atoms with Crippen LogP contribution in [0.15, 0.2) is 72.4 Å². The van der Waals surface area contributed by atoms with Crippen molar-refractivity contribution in [3.8, 4) is 5.69 Å². The molecule has 1 aliphatic carbocycles. The summed E-state index contributed by atoms with van der Waals surface area (Å²) in [5.74, 6) is -0.390. The van der Waals surface area contributed by atoms with E-state index in [0.717, 1.165) is 0 Å². The molecule has 0 radical (unpaired) electrons. The number of halogens is 4. The molecule has 2 N–H and O–H groups in total. The molecule has 0 amide bonds. The highest BCUT2D eigenvalue weighted by Gasteiger charge is 2.58. The minimum Gasteiger partial charge on any atom is -0.388 e. The summed E-state index contributed by atoms with van der Waals surface area (Å²) in [7, 11) is 1.70. The lowest BCUT2D eigenvalue weighted by Gasteiger charge is -2.36. The Balaban J connectivity index is 1.67. The van der Waals surface area contributed by atoms with Crippen LogP contribution >= 0.6 is 0 Å². The molecule has 1 atom stereocenters. The Hall–Kier alpha value is -3.65. The number of rotatable bonds is 4. The van der Waals surface area contributed by atoms with Gasteiger partial charge in [-0.25, -0.2) is 9.07 Å². The third-order valence-electron chi connectivity index (χ3n) is 6.39. The Morgan fingerprint density at radius 3 is 2.32 bits per heavy atom. The van der Waals surface area contributed by atoms with Gasteiger partial charge < -0.3 is 10.4 Å². The minimum atomic E-state index is -4.95. The predicted octanol–water partition coefficient (Wildman–Crippen LogP) is 5.99. The normalized spacial score (nSPS) is 15.5. The standard InChI is InChI=1S/C26H21F4N3O/c1-31-23-12-11-22(20-4-2-3-5-21(20)23)25(34,26(28,29)30)17-6-13-24-16(14-17)15-32-33(24)19-9-7-18(27)8-10-19/h2-5,7-12,14-15,31,34H,6,13H2,1H3. The summed E-state index contributed by atoms with van der Waals surface area (Å²) >= 11 is 0. The lowest BCUT2D eigenvalue weighted by atomic mass is 9.77. The van der Waals surface area contributed by atoms with Gasteiger partial charge in [0.1, 0.15) is 5.82 Å². The first-order valence-corrected chi connectivity index (χ1v) is 10.8. The molecule has 4 nitrogen and oxygen atoms in total. The van der Waals surface area contributed by atoms with Crippen LogP contribution in [0.1, 0.15) is 23.2 Å². The van der Waals surface area contributed by atoms with E-state index in [-0.39, 0.29) is 24.0 Å². The first-order chi connectivity index (χ1) is 16.2. The van der Waals surface area contributed by atoms with Crippen molar-refractivity contribution < 1.29 is 22.7 Å². The van der Waals surface area contributed by atoms with E-state index >= 15 is 0 Å². The van der Waals surface area contributed by atoms with E-state index < -0.39 is 17.6 Å². The van der Waals surface area contributed by atoms with E-state index in [0.29, 0.717) is 33.4 Å². The molecule has 174 valence electrons. The highest BCUT2D eigenvalue weighted by molar-refractivity contribution is 5.97. The molecule has 0 fully saturated rings. The van der Waals surface area contributed by atoms with Gasteiger partial charge in [0.05, 0.1) is 17.6 Å². The van der Waals surface area contributed by atoms with Crippen LogP contribution < -0.4 is 5.32 Å². The van der Waals surface area contributed by atoms with Crippen molar-refractivity contribution in [2.45, 2.75) is 24.6 Å². The summed E-state index contributed by atoms with van der Waals surface area (Å²) in [6.45, 7) is 0. The van der Waals surface area contributed by atoms with Crippen LogP contribution in [0.5, 0.6) is 0 Å². The summed E-state index contributed by atoms with van der Waals surface area (Å²) < 4.78 is 58.7. The summed E-state index contributed by atoms with van der Waals surface area (Å²) in [4.78, 5) is 0. The van der Waals surface area contributed by atoms with Crippen LogP contribution in [0.2, 0.25) is 0 Å². The fraction of sp³-hybridized carbons (Fsp3) is 0.192. The summed E-state index contributed by atoms with van der Waals surface area (Å²) in [6, 6.07) is 15.3. The molecular weight excluding hydrogens is 446 g/mol. The molecule has 4 aromatic rings. The molecular formula is C26H21F4N3O. The van der Waals surface area contributed by atoms with E-state index in [2.05, 4.69) is 10.4 Å². The molecule has 8 heteroatoms. The van der Waals surface area contributed by atoms with Gasteiger partial charge in [0.15, 0.2) is 0 Å². The summed E-state index contributed by atoms with van der Waals surface area (Å²) in [6.07, 6.45) is -1.88. The van der Waals surface area contributed by atoms with Crippen molar-refractivity contribution in [1.29, 1.82) is 0 Å². The van der Waals surface area contributed by atoms with Crippen LogP contribution in [0.3, 0.4) is 0 Å². The summed E-state index contributed by atoms with van der Waals surface area (Å²) in [5.41, 5.74) is -1.05. The lowest BCUT2D eigenvalue weighted by molar-refractivity contribution is -0.250. The SMILES string of the molecule is CNc1ccc(C(O)(C2=Cc3cnn(-c4ccc(F)cc4)c3CC2)C(F)(F)F)c2ccccc12. The number of hydrogen-bond donors (Lipinski definition) is 2. The van der Waals surface area contributed by atoms with Crippen molar-refractivity contribution >= 4 is 22.5 Å². The van der Waals surface area contributed by atoms with E-state index in [1.54, 1.807) is 54.2 Å². The van der Waals surface area contributed by atoms with Crippen LogP contribution in [0.25, 0.3) is 22.5 Å². The van der Waals surface area contributed by atoms with E-state index in [1.807, 2.05) is 0 Å². The van der Waals surface area contributed by atoms with Gasteiger partial charge in [0.25, 0.3) is 0 Å². The van der Waals surface area contributed by atoms with Gasteiger partial charge >= 0.3 is 6.18 Å². The molecule has 0 spiro atoms. The molecule has 1 aliphatic rings. The van der Waals surface area contributed by atoms with Crippen molar-refractivity contribution in [2.24, 2.45) is 0 Å². The Morgan fingerprint density at radius 1 is 0.941 bits per heavy atom. The van der Waals surface area contributed by atoms with E-state index in [4.69, 9.17) is 0 Å². The number of nitrogens with one attached hydrogen (secondary N) is 1. The summed E-state index contributed by atoms with van der Waals surface area (Å²) in [5, 5.41) is 19.6. The fourth-order valence-electron chi connectivity index (χ4n) is 4.70. The third kappa shape index (κ3) is 3.37. The van der Waals surface area contributed by atoms with Gasteiger partial charge in [0.2, 0.25) is 5.60 Å². The number of fused-ring (bicyclic) bond motifs is 2. The Bertz CT molecular complexity index is 1410. The number of aliphatic hydroxyl groups is 1. The maximum atomic E-state index is 14.6. The average Bonchev–Trinajstić information content (AvgIpc) is 3.26. The zero-order valence-electron chi connectivity index (χ0n) is 18.2. The molecule has 1 aromatic heterocycles. The highest BCUT2D eigenvalue weighted by atomic mass is 19.4. The van der Waals surface area contributed by atoms with Gasteiger partial charge in [-0.05, 0) is 60.2 Å². The average molecular weight is 467 g/mol. The second-order valence-electron chi connectivity index (χ2n) is 8.27. The predicted molar refractivity (Wildman–Crippen MR) is 123 cm³/mol. The Kier molecular flexibility index (Phi) is 5.20. The zero-order chi connectivity index (χ0) is 24.1. The molecule has 0 saturated carbocycles. The van der Waals surface area contributed by atoms with Gasteiger partial charge in [-0.3, -0.25) is 0 Å². The first-order valence-electron chi connectivity index (χ1n) is 10.8. The molecule has 5 rings (SSSR count). The number of benzene rings is 3. The quantitative estimate of drug-likeness (QED) is 0.363. The fourth-order valence-corrected chi connectivity index (χ4v) is 4.70. The number of hydrogen-bond acceptors (Lipinski definition) is 3. The van der Waals surface area contributed by atoms with Crippen molar-refractivity contribution in [1.82, 2.24) is 9.78 Å². The monoisotopic (exact) mass is 467 g/mol. The maximum Gasteiger partial charge on any atom is 0.425 e. The Labute approximate surface area is 193 Å². The van der Waals surface area contributed by atoms with Crippen LogP contribution in [-0.4, -0.2) is 28.1 Å². The van der Waals surface area contributed by atoms with E-state index in [9.17, 15) is 22.7 Å². The van der Waals surface area contributed by atoms with Crippen molar-refractivity contribution in [3.05, 3.63) is 95.1 Å². The van der Waals surface area contributed by atoms with Crippen molar-refractivity contribution in [2.75, 3.05) is 12.4 Å². The molecule has 34 heavy (non-hydrogen) atoms. The molecule has 0 saturated heterocycles. The number of anilines is 1. The first kappa shape index (κ1) is 22.2. The molecule has 1 unspecified atom stereocenters. The smallest absolute Gasteiger partial charge is 0.388 e. The second kappa shape index (κ2) is 7.99. The third-order valence-corrected chi connectivity index (χ3v) is 6.39. The molecule has 0 aliphatic heterocycles. The molecule has 3 aromatic carbocycles. The van der Waals surface area contributed by atoms with E-state index in [1.165, 1.54) is 30.5 Å². The molecule has 1 heterocycles. The Morgan fingerprint density at radius 2 is 1.65 bits per heavy atom. The number of aromatic nitrogens is 2. The maximum absolute atomic E-state index is 14.6. The zero-order valence-corrected chi connectivity index (χ0v) is 18.2. The largest absolute Gasteiger partial charge is 0.425 e. The van der Waals surface area contributed by atoms with Gasteiger partial charge in [-0.1, -0.05) is 30.3 Å². The van der Waals surface area contributed by atoms with Gasteiger partial charge in [-0.15, -0.1) is 0 Å². The van der Waals surface area contributed by atoms with Crippen molar-refractivity contribution in [3.63, 3.8) is 0 Å². The minimum absolute atomic E-state index is 0.0159.